The van der Waals surface area contributed by atoms with Crippen LogP contribution in [0.25, 0.3) is 10.4 Å². The first-order valence-electron chi connectivity index (χ1n) is 5.19. The highest BCUT2D eigenvalue weighted by atomic mass is 79.9. The first-order chi connectivity index (χ1) is 8.06. The van der Waals surface area contributed by atoms with Crippen LogP contribution in [0.3, 0.4) is 0 Å². The molecule has 0 aliphatic heterocycles. The molecule has 2 unspecified atom stereocenters. The van der Waals surface area contributed by atoms with Crippen molar-refractivity contribution in [2.24, 2.45) is 5.11 Å². The van der Waals surface area contributed by atoms with Crippen LogP contribution in [-0.4, -0.2) is 22.9 Å². The summed E-state index contributed by atoms with van der Waals surface area (Å²) in [6.45, 7) is 2.08. The zero-order chi connectivity index (χ0) is 12.8. The summed E-state index contributed by atoms with van der Waals surface area (Å²) in [4.78, 5) is 2.59. The van der Waals surface area contributed by atoms with Crippen LogP contribution in [-0.2, 0) is 0 Å². The highest BCUT2D eigenvalue weighted by molar-refractivity contribution is 9.10. The summed E-state index contributed by atoms with van der Waals surface area (Å²) in [6.07, 6.45) is -1.66. The first kappa shape index (κ1) is 14.0. The Labute approximate surface area is 108 Å². The summed E-state index contributed by atoms with van der Waals surface area (Å²) in [5.41, 5.74) is 9.75. The summed E-state index contributed by atoms with van der Waals surface area (Å²) in [5.74, 6) is 0. The zero-order valence-corrected chi connectivity index (χ0v) is 11.0. The number of benzene rings is 1. The Bertz CT molecular complexity index is 433. The molecule has 0 fully saturated rings. The fourth-order valence-electron chi connectivity index (χ4n) is 1.47. The maximum atomic E-state index is 9.90. The second-order valence-electron chi connectivity index (χ2n) is 3.76. The van der Waals surface area contributed by atoms with Gasteiger partial charge in [-0.25, -0.2) is 0 Å². The van der Waals surface area contributed by atoms with Crippen molar-refractivity contribution in [1.82, 2.24) is 0 Å². The molecule has 5 nitrogen and oxygen atoms in total. The van der Waals surface area contributed by atoms with Crippen LogP contribution in [0.2, 0.25) is 0 Å². The molecular formula is C11H14BrN3O2. The molecule has 0 saturated heterocycles. The minimum atomic E-state index is -0.962. The maximum absolute atomic E-state index is 9.90. The lowest BCUT2D eigenvalue weighted by Gasteiger charge is -2.18. The third-order valence-electron chi connectivity index (χ3n) is 2.48. The Morgan fingerprint density at radius 1 is 1.47 bits per heavy atom. The van der Waals surface area contributed by atoms with Crippen LogP contribution >= 0.6 is 15.9 Å². The number of aliphatic hydroxyl groups excluding tert-OH is 2. The van der Waals surface area contributed by atoms with Crippen molar-refractivity contribution < 1.29 is 10.2 Å². The molecule has 6 heteroatoms. The summed E-state index contributed by atoms with van der Waals surface area (Å²) in [5, 5.41) is 22.9. The van der Waals surface area contributed by atoms with Crippen LogP contribution in [0.1, 0.15) is 23.7 Å². The van der Waals surface area contributed by atoms with Crippen LogP contribution in [0.4, 0.5) is 0 Å². The highest BCUT2D eigenvalue weighted by Crippen LogP contribution is 2.24. The molecule has 0 spiro atoms. The minimum absolute atomic E-state index is 0.171. The maximum Gasteiger partial charge on any atom is 0.105 e. The predicted octanol–water partition coefficient (Wildman–Crippen LogP) is 2.85. The lowest BCUT2D eigenvalue weighted by atomic mass is 10.0. The van der Waals surface area contributed by atoms with Gasteiger partial charge in [-0.05, 0) is 36.1 Å². The van der Waals surface area contributed by atoms with Crippen molar-refractivity contribution in [3.63, 3.8) is 0 Å². The van der Waals surface area contributed by atoms with E-state index in [1.165, 1.54) is 0 Å². The molecule has 2 N–H and O–H groups in total. The fraction of sp³-hybridized carbons (Fsp3) is 0.455. The summed E-state index contributed by atoms with van der Waals surface area (Å²) in [7, 11) is 0. The van der Waals surface area contributed by atoms with Crippen molar-refractivity contribution >= 4 is 15.9 Å². The molecule has 0 heterocycles. The third-order valence-corrected chi connectivity index (χ3v) is 3.37. The van der Waals surface area contributed by atoms with Gasteiger partial charge in [0.15, 0.2) is 0 Å². The van der Waals surface area contributed by atoms with E-state index in [-0.39, 0.29) is 13.0 Å². The van der Waals surface area contributed by atoms with Gasteiger partial charge in [0, 0.05) is 15.9 Å². The molecule has 17 heavy (non-hydrogen) atoms. The second kappa shape index (κ2) is 6.61. The number of aliphatic hydroxyl groups is 2. The van der Waals surface area contributed by atoms with Crippen molar-refractivity contribution in [1.29, 1.82) is 0 Å². The van der Waals surface area contributed by atoms with Gasteiger partial charge in [-0.2, -0.15) is 0 Å². The van der Waals surface area contributed by atoms with Crippen molar-refractivity contribution in [2.75, 3.05) is 6.54 Å². The van der Waals surface area contributed by atoms with Crippen molar-refractivity contribution in [3.8, 4) is 0 Å². The zero-order valence-electron chi connectivity index (χ0n) is 9.41. The smallest absolute Gasteiger partial charge is 0.105 e. The van der Waals surface area contributed by atoms with E-state index in [0.717, 1.165) is 10.0 Å². The van der Waals surface area contributed by atoms with E-state index >= 15 is 0 Å². The van der Waals surface area contributed by atoms with Gasteiger partial charge in [0.1, 0.15) is 6.10 Å². The molecular weight excluding hydrogens is 286 g/mol. The van der Waals surface area contributed by atoms with Gasteiger partial charge in [-0.1, -0.05) is 33.2 Å². The normalized spacial score (nSPS) is 13.9. The summed E-state index contributed by atoms with van der Waals surface area (Å²) >= 11 is 3.37. The molecule has 0 radical (unpaired) electrons. The van der Waals surface area contributed by atoms with E-state index in [4.69, 9.17) is 5.53 Å². The Morgan fingerprint density at radius 3 is 2.76 bits per heavy atom. The average Bonchev–Trinajstić information content (AvgIpc) is 2.32. The molecule has 1 rings (SSSR count). The van der Waals surface area contributed by atoms with Gasteiger partial charge >= 0.3 is 0 Å². The number of halogens is 1. The number of rotatable bonds is 5. The van der Waals surface area contributed by atoms with Crippen LogP contribution in [0.5, 0.6) is 0 Å². The average molecular weight is 300 g/mol. The third kappa shape index (κ3) is 4.02. The standard InChI is InChI=1S/C11H14BrN3O2/c1-7-6-8(2-3-9(7)12)11(17)10(16)4-5-14-15-13/h2-3,6,10-11,16-17H,4-5H2,1H3. The first-order valence-corrected chi connectivity index (χ1v) is 5.98. The number of hydrogen-bond acceptors (Lipinski definition) is 3. The van der Waals surface area contributed by atoms with Crippen molar-refractivity contribution in [3.05, 3.63) is 44.2 Å². The molecule has 0 aromatic heterocycles. The summed E-state index contributed by atoms with van der Waals surface area (Å²) in [6, 6.07) is 5.39. The van der Waals surface area contributed by atoms with Gasteiger partial charge < -0.3 is 10.2 Å². The van der Waals surface area contributed by atoms with Gasteiger partial charge in [0.25, 0.3) is 0 Å². The summed E-state index contributed by atoms with van der Waals surface area (Å²) < 4.78 is 0.956. The molecule has 0 bridgehead atoms. The lowest BCUT2D eigenvalue weighted by molar-refractivity contribution is 0.0150. The van der Waals surface area contributed by atoms with E-state index in [1.54, 1.807) is 6.07 Å². The van der Waals surface area contributed by atoms with E-state index in [0.29, 0.717) is 5.56 Å². The number of aryl methyl sites for hydroxylation is 1. The van der Waals surface area contributed by atoms with Crippen LogP contribution in [0, 0.1) is 6.92 Å². The molecule has 92 valence electrons. The van der Waals surface area contributed by atoms with Gasteiger partial charge in [0.05, 0.1) is 6.10 Å². The van der Waals surface area contributed by atoms with Crippen LogP contribution < -0.4 is 0 Å². The van der Waals surface area contributed by atoms with E-state index in [1.807, 2.05) is 19.1 Å². The molecule has 0 saturated carbocycles. The number of azide groups is 1. The van der Waals surface area contributed by atoms with E-state index in [9.17, 15) is 10.2 Å². The molecule has 0 aliphatic rings. The molecule has 1 aromatic carbocycles. The Balaban J connectivity index is 2.70. The largest absolute Gasteiger partial charge is 0.390 e. The quantitative estimate of drug-likeness (QED) is 0.497. The lowest BCUT2D eigenvalue weighted by Crippen LogP contribution is -2.19. The monoisotopic (exact) mass is 299 g/mol. The number of nitrogens with zero attached hydrogens (tertiary/aromatic N) is 3. The molecule has 0 amide bonds. The van der Waals surface area contributed by atoms with Gasteiger partial charge in [-0.15, -0.1) is 0 Å². The Kier molecular flexibility index (Phi) is 5.44. The van der Waals surface area contributed by atoms with E-state index < -0.39 is 12.2 Å². The SMILES string of the molecule is Cc1cc(C(O)C(O)CCN=[N+]=[N-])ccc1Br. The van der Waals surface area contributed by atoms with E-state index in [2.05, 4.69) is 26.0 Å². The van der Waals surface area contributed by atoms with Gasteiger partial charge in [0.2, 0.25) is 0 Å². The topological polar surface area (TPSA) is 89.2 Å². The minimum Gasteiger partial charge on any atom is -0.390 e. The second-order valence-corrected chi connectivity index (χ2v) is 4.62. The highest BCUT2D eigenvalue weighted by Gasteiger charge is 2.18. The number of hydrogen-bond donors (Lipinski definition) is 2. The molecule has 2 atom stereocenters. The molecule has 0 aliphatic carbocycles. The van der Waals surface area contributed by atoms with Crippen molar-refractivity contribution in [2.45, 2.75) is 25.6 Å². The predicted molar refractivity (Wildman–Crippen MR) is 68.5 cm³/mol. The van der Waals surface area contributed by atoms with Crippen LogP contribution in [0.15, 0.2) is 27.8 Å². The Hall–Kier alpha value is -1.07. The molecule has 1 aromatic rings. The fourth-order valence-corrected chi connectivity index (χ4v) is 1.71. The van der Waals surface area contributed by atoms with Gasteiger partial charge in [-0.3, -0.25) is 0 Å². The Morgan fingerprint density at radius 2 is 2.18 bits per heavy atom.